The molecular weight excluding hydrogens is 184 g/mol. The van der Waals surface area contributed by atoms with Gasteiger partial charge in [-0.05, 0) is 35.0 Å². The van der Waals surface area contributed by atoms with Crippen LogP contribution < -0.4 is 0 Å². The van der Waals surface area contributed by atoms with Gasteiger partial charge in [-0.25, -0.2) is 0 Å². The Hall–Kier alpha value is -0.860. The fourth-order valence-corrected chi connectivity index (χ4v) is 3.10. The SMILES string of the molecule is c1cc2c(ccc3sccc32)s1. The molecule has 3 rings (SSSR count). The Kier molecular flexibility index (Phi) is 1.28. The molecule has 0 saturated heterocycles. The van der Waals surface area contributed by atoms with Crippen LogP contribution in [0.4, 0.5) is 0 Å². The van der Waals surface area contributed by atoms with Crippen molar-refractivity contribution in [2.24, 2.45) is 0 Å². The summed E-state index contributed by atoms with van der Waals surface area (Å²) < 4.78 is 2.78. The van der Waals surface area contributed by atoms with Crippen molar-refractivity contribution in [1.29, 1.82) is 0 Å². The third kappa shape index (κ3) is 0.765. The summed E-state index contributed by atoms with van der Waals surface area (Å²) in [4.78, 5) is 0. The van der Waals surface area contributed by atoms with Gasteiger partial charge in [0.25, 0.3) is 0 Å². The van der Waals surface area contributed by atoms with E-state index in [-0.39, 0.29) is 0 Å². The number of hydrogen-bond acceptors (Lipinski definition) is 2. The first-order chi connectivity index (χ1) is 5.95. The Labute approximate surface area is 78.1 Å². The van der Waals surface area contributed by atoms with Gasteiger partial charge in [0.2, 0.25) is 0 Å². The maximum Gasteiger partial charge on any atom is 0.0349 e. The van der Waals surface area contributed by atoms with E-state index < -0.39 is 0 Å². The summed E-state index contributed by atoms with van der Waals surface area (Å²) in [6, 6.07) is 8.82. The van der Waals surface area contributed by atoms with Crippen LogP contribution in [0.3, 0.4) is 0 Å². The van der Waals surface area contributed by atoms with E-state index in [0.29, 0.717) is 0 Å². The third-order valence-electron chi connectivity index (χ3n) is 2.07. The molecular formula is C10H6S2. The molecule has 0 bridgehead atoms. The summed E-state index contributed by atoms with van der Waals surface area (Å²) in [6.45, 7) is 0. The molecule has 0 aliphatic carbocycles. The number of benzene rings is 1. The molecule has 12 heavy (non-hydrogen) atoms. The van der Waals surface area contributed by atoms with E-state index in [9.17, 15) is 0 Å². The second-order valence-electron chi connectivity index (χ2n) is 2.73. The Morgan fingerprint density at radius 3 is 1.67 bits per heavy atom. The summed E-state index contributed by atoms with van der Waals surface area (Å²) in [5, 5.41) is 7.11. The second kappa shape index (κ2) is 2.31. The normalized spacial score (nSPS) is 11.3. The molecule has 0 amide bonds. The molecule has 0 aliphatic rings. The molecule has 0 fully saturated rings. The summed E-state index contributed by atoms with van der Waals surface area (Å²) in [5.41, 5.74) is 0. The van der Waals surface area contributed by atoms with Gasteiger partial charge in [-0.3, -0.25) is 0 Å². The maximum absolute atomic E-state index is 2.21. The molecule has 1 aromatic carbocycles. The monoisotopic (exact) mass is 190 g/mol. The highest BCUT2D eigenvalue weighted by molar-refractivity contribution is 7.19. The van der Waals surface area contributed by atoms with Gasteiger partial charge < -0.3 is 0 Å². The fraction of sp³-hybridized carbons (Fsp3) is 0. The average Bonchev–Trinajstić information content (AvgIpc) is 2.71. The second-order valence-corrected chi connectivity index (χ2v) is 4.63. The zero-order chi connectivity index (χ0) is 7.97. The molecule has 0 nitrogen and oxygen atoms in total. The van der Waals surface area contributed by atoms with Crippen molar-refractivity contribution in [2.45, 2.75) is 0 Å². The van der Waals surface area contributed by atoms with Crippen molar-refractivity contribution in [3.8, 4) is 0 Å². The molecule has 2 aromatic heterocycles. The fourth-order valence-electron chi connectivity index (χ4n) is 1.50. The van der Waals surface area contributed by atoms with Crippen molar-refractivity contribution >= 4 is 42.8 Å². The van der Waals surface area contributed by atoms with E-state index in [4.69, 9.17) is 0 Å². The highest BCUT2D eigenvalue weighted by atomic mass is 32.1. The van der Waals surface area contributed by atoms with Gasteiger partial charge in [-0.1, -0.05) is 0 Å². The molecule has 0 atom stereocenters. The Morgan fingerprint density at radius 2 is 1.17 bits per heavy atom. The van der Waals surface area contributed by atoms with Crippen molar-refractivity contribution in [1.82, 2.24) is 0 Å². The lowest BCUT2D eigenvalue weighted by Crippen LogP contribution is -1.62. The average molecular weight is 190 g/mol. The zero-order valence-electron chi connectivity index (χ0n) is 6.28. The highest BCUT2D eigenvalue weighted by Gasteiger charge is 2.00. The lowest BCUT2D eigenvalue weighted by Gasteiger charge is -1.90. The Balaban J connectivity index is 2.71. The minimum absolute atomic E-state index is 1.39. The van der Waals surface area contributed by atoms with Gasteiger partial charge in [-0.15, -0.1) is 22.7 Å². The highest BCUT2D eigenvalue weighted by Crippen LogP contribution is 2.31. The quantitative estimate of drug-likeness (QED) is 0.500. The number of rotatable bonds is 0. The van der Waals surface area contributed by atoms with Crippen LogP contribution in [0.1, 0.15) is 0 Å². The molecule has 0 spiro atoms. The minimum Gasteiger partial charge on any atom is -0.144 e. The number of hydrogen-bond donors (Lipinski definition) is 0. The largest absolute Gasteiger partial charge is 0.144 e. The van der Waals surface area contributed by atoms with E-state index >= 15 is 0 Å². The van der Waals surface area contributed by atoms with Crippen molar-refractivity contribution in [2.75, 3.05) is 0 Å². The number of thiophene rings is 2. The maximum atomic E-state index is 2.21. The van der Waals surface area contributed by atoms with Crippen LogP contribution in [0.5, 0.6) is 0 Å². The van der Waals surface area contributed by atoms with Crippen LogP contribution in [0.2, 0.25) is 0 Å². The van der Waals surface area contributed by atoms with Gasteiger partial charge >= 0.3 is 0 Å². The summed E-state index contributed by atoms with van der Waals surface area (Å²) >= 11 is 3.62. The predicted molar refractivity (Wildman–Crippen MR) is 57.2 cm³/mol. The van der Waals surface area contributed by atoms with Gasteiger partial charge in [0.1, 0.15) is 0 Å². The molecule has 0 unspecified atom stereocenters. The van der Waals surface area contributed by atoms with Crippen molar-refractivity contribution in [3.63, 3.8) is 0 Å². The first-order valence-corrected chi connectivity index (χ1v) is 5.54. The van der Waals surface area contributed by atoms with E-state index in [1.807, 2.05) is 22.7 Å². The van der Waals surface area contributed by atoms with Crippen LogP contribution in [0, 0.1) is 0 Å². The van der Waals surface area contributed by atoms with Crippen molar-refractivity contribution < 1.29 is 0 Å². The van der Waals surface area contributed by atoms with Crippen LogP contribution >= 0.6 is 22.7 Å². The van der Waals surface area contributed by atoms with Gasteiger partial charge in [0.15, 0.2) is 0 Å². The van der Waals surface area contributed by atoms with Crippen LogP contribution in [-0.2, 0) is 0 Å². The molecule has 0 radical (unpaired) electrons. The minimum atomic E-state index is 1.39. The standard InChI is InChI=1S/C10H6S2/c1-2-10-8(4-6-12-10)7-3-5-11-9(1)7/h1-6H. The van der Waals surface area contributed by atoms with Crippen LogP contribution in [0.25, 0.3) is 20.2 Å². The molecule has 0 aliphatic heterocycles. The Bertz CT molecular complexity index is 481. The van der Waals surface area contributed by atoms with E-state index in [0.717, 1.165) is 0 Å². The Morgan fingerprint density at radius 1 is 0.667 bits per heavy atom. The molecule has 2 heteroatoms. The van der Waals surface area contributed by atoms with Crippen molar-refractivity contribution in [3.05, 3.63) is 35.0 Å². The number of fused-ring (bicyclic) bond motifs is 3. The first kappa shape index (κ1) is 6.63. The van der Waals surface area contributed by atoms with E-state index in [1.54, 1.807) is 0 Å². The summed E-state index contributed by atoms with van der Waals surface area (Å²) in [7, 11) is 0. The van der Waals surface area contributed by atoms with Gasteiger partial charge in [-0.2, -0.15) is 0 Å². The summed E-state index contributed by atoms with van der Waals surface area (Å²) in [5.74, 6) is 0. The molecule has 0 saturated carbocycles. The van der Waals surface area contributed by atoms with Crippen LogP contribution in [-0.4, -0.2) is 0 Å². The predicted octanol–water partition coefficient (Wildman–Crippen LogP) is 4.12. The van der Waals surface area contributed by atoms with E-state index in [2.05, 4.69) is 35.0 Å². The first-order valence-electron chi connectivity index (χ1n) is 3.78. The smallest absolute Gasteiger partial charge is 0.0349 e. The lowest BCUT2D eigenvalue weighted by molar-refractivity contribution is 2.03. The molecule has 58 valence electrons. The van der Waals surface area contributed by atoms with E-state index in [1.165, 1.54) is 20.2 Å². The molecule has 0 N–H and O–H groups in total. The summed E-state index contributed by atoms with van der Waals surface area (Å²) in [6.07, 6.45) is 0. The lowest BCUT2D eigenvalue weighted by atomic mass is 10.2. The van der Waals surface area contributed by atoms with Gasteiger partial charge in [0, 0.05) is 20.2 Å². The van der Waals surface area contributed by atoms with Crippen LogP contribution in [0.15, 0.2) is 35.0 Å². The molecule has 3 aromatic rings. The third-order valence-corrected chi connectivity index (χ3v) is 3.83. The van der Waals surface area contributed by atoms with Gasteiger partial charge in [0.05, 0.1) is 0 Å². The topological polar surface area (TPSA) is 0 Å². The molecule has 2 heterocycles. The zero-order valence-corrected chi connectivity index (χ0v) is 7.91.